The van der Waals surface area contributed by atoms with Crippen LogP contribution in [0.5, 0.6) is 0 Å². The summed E-state index contributed by atoms with van der Waals surface area (Å²) in [5, 5.41) is 3.02. The summed E-state index contributed by atoms with van der Waals surface area (Å²) >= 11 is 0. The molecule has 1 aliphatic rings. The highest BCUT2D eigenvalue weighted by Crippen LogP contribution is 2.28. The summed E-state index contributed by atoms with van der Waals surface area (Å²) in [4.78, 5) is 26.7. The predicted octanol–water partition coefficient (Wildman–Crippen LogP) is 4.52. The fourth-order valence-corrected chi connectivity index (χ4v) is 4.13. The molecule has 1 atom stereocenters. The van der Waals surface area contributed by atoms with E-state index in [9.17, 15) is 14.0 Å². The van der Waals surface area contributed by atoms with Gasteiger partial charge in [0.2, 0.25) is 11.8 Å². The zero-order valence-electron chi connectivity index (χ0n) is 17.2. The number of nitrogens with zero attached hydrogens (tertiary/aromatic N) is 1. The quantitative estimate of drug-likeness (QED) is 0.616. The molecular formula is C26H25FN2O2. The number of carbonyl (C=O) groups excluding carboxylic acids is 2. The van der Waals surface area contributed by atoms with Crippen LogP contribution in [0, 0.1) is 11.7 Å². The second kappa shape index (κ2) is 9.56. The third-order valence-corrected chi connectivity index (χ3v) is 5.77. The first kappa shape index (κ1) is 20.8. The summed E-state index contributed by atoms with van der Waals surface area (Å²) in [6.07, 6.45) is 0.937. The van der Waals surface area contributed by atoms with Crippen LogP contribution in [0.3, 0.4) is 0 Å². The Bertz CT molecular complexity index is 983. The molecule has 3 aromatic rings. The van der Waals surface area contributed by atoms with Crippen molar-refractivity contribution >= 4 is 17.5 Å². The fourth-order valence-electron chi connectivity index (χ4n) is 4.13. The summed E-state index contributed by atoms with van der Waals surface area (Å²) in [6, 6.07) is 26.3. The average Bonchev–Trinajstić information content (AvgIpc) is 3.20. The Morgan fingerprint density at radius 3 is 2.10 bits per heavy atom. The fraction of sp³-hybridized carbons (Fsp3) is 0.231. The molecule has 1 aliphatic heterocycles. The van der Waals surface area contributed by atoms with E-state index >= 15 is 0 Å². The molecule has 1 heterocycles. The van der Waals surface area contributed by atoms with E-state index in [2.05, 4.69) is 29.6 Å². The van der Waals surface area contributed by atoms with Crippen molar-refractivity contribution in [2.75, 3.05) is 18.0 Å². The molecule has 5 heteroatoms. The SMILES string of the molecule is O=C(NCCC(c1ccccc1)c1ccccc1)[C@H]1CC(=O)N(c2ccc(F)cc2)C1. The molecule has 0 bridgehead atoms. The average molecular weight is 416 g/mol. The lowest BCUT2D eigenvalue weighted by Gasteiger charge is -2.19. The smallest absolute Gasteiger partial charge is 0.227 e. The van der Waals surface area contributed by atoms with Gasteiger partial charge in [-0.2, -0.15) is 0 Å². The topological polar surface area (TPSA) is 49.4 Å². The molecular weight excluding hydrogens is 391 g/mol. The lowest BCUT2D eigenvalue weighted by molar-refractivity contribution is -0.126. The van der Waals surface area contributed by atoms with Crippen molar-refractivity contribution in [3.63, 3.8) is 0 Å². The third kappa shape index (κ3) is 5.00. The molecule has 1 fully saturated rings. The van der Waals surface area contributed by atoms with Gasteiger partial charge in [-0.05, 0) is 41.8 Å². The van der Waals surface area contributed by atoms with Crippen LogP contribution >= 0.6 is 0 Å². The Balaban J connectivity index is 1.36. The Labute approximate surface area is 181 Å². The molecule has 0 unspecified atom stereocenters. The summed E-state index contributed by atoms with van der Waals surface area (Å²) < 4.78 is 13.2. The van der Waals surface area contributed by atoms with Gasteiger partial charge in [0, 0.05) is 31.1 Å². The molecule has 2 amide bonds. The largest absolute Gasteiger partial charge is 0.356 e. The van der Waals surface area contributed by atoms with Crippen molar-refractivity contribution in [2.45, 2.75) is 18.8 Å². The molecule has 0 spiro atoms. The Morgan fingerprint density at radius 1 is 0.935 bits per heavy atom. The molecule has 31 heavy (non-hydrogen) atoms. The molecule has 4 nitrogen and oxygen atoms in total. The molecule has 1 N–H and O–H groups in total. The van der Waals surface area contributed by atoms with Crippen LogP contribution in [-0.4, -0.2) is 24.9 Å². The van der Waals surface area contributed by atoms with Gasteiger partial charge in [-0.25, -0.2) is 4.39 Å². The van der Waals surface area contributed by atoms with Crippen LogP contribution in [0.1, 0.15) is 29.9 Å². The van der Waals surface area contributed by atoms with Crippen LogP contribution < -0.4 is 10.2 Å². The number of anilines is 1. The van der Waals surface area contributed by atoms with Crippen molar-refractivity contribution < 1.29 is 14.0 Å². The monoisotopic (exact) mass is 416 g/mol. The van der Waals surface area contributed by atoms with Gasteiger partial charge >= 0.3 is 0 Å². The standard InChI is InChI=1S/C26H25FN2O2/c27-22-11-13-23(14-12-22)29-18-21(17-25(29)30)26(31)28-16-15-24(19-7-3-1-4-8-19)20-9-5-2-6-10-20/h1-14,21,24H,15-18H2,(H,28,31)/t21-/m0/s1. The molecule has 158 valence electrons. The maximum absolute atomic E-state index is 13.2. The molecule has 0 aromatic heterocycles. The minimum atomic E-state index is -0.399. The lowest BCUT2D eigenvalue weighted by atomic mass is 9.88. The van der Waals surface area contributed by atoms with Crippen LogP contribution in [0.25, 0.3) is 0 Å². The predicted molar refractivity (Wildman–Crippen MR) is 119 cm³/mol. The number of rotatable bonds is 7. The maximum Gasteiger partial charge on any atom is 0.227 e. The molecule has 3 aromatic carbocycles. The minimum Gasteiger partial charge on any atom is -0.356 e. The highest BCUT2D eigenvalue weighted by atomic mass is 19.1. The third-order valence-electron chi connectivity index (χ3n) is 5.77. The molecule has 0 aliphatic carbocycles. The van der Waals surface area contributed by atoms with E-state index < -0.39 is 5.92 Å². The second-order valence-corrected chi connectivity index (χ2v) is 7.84. The van der Waals surface area contributed by atoms with Gasteiger partial charge in [-0.15, -0.1) is 0 Å². The summed E-state index contributed by atoms with van der Waals surface area (Å²) in [5.74, 6) is -0.791. The molecule has 0 radical (unpaired) electrons. The number of amides is 2. The van der Waals surface area contributed by atoms with Crippen LogP contribution in [-0.2, 0) is 9.59 Å². The van der Waals surface area contributed by atoms with Gasteiger partial charge in [-0.3, -0.25) is 9.59 Å². The number of halogens is 1. The van der Waals surface area contributed by atoms with Crippen molar-refractivity contribution in [1.29, 1.82) is 0 Å². The second-order valence-electron chi connectivity index (χ2n) is 7.84. The van der Waals surface area contributed by atoms with Gasteiger partial charge < -0.3 is 10.2 Å². The van der Waals surface area contributed by atoms with Crippen molar-refractivity contribution in [1.82, 2.24) is 5.32 Å². The number of benzene rings is 3. The summed E-state index contributed by atoms with van der Waals surface area (Å²) in [7, 11) is 0. The van der Waals surface area contributed by atoms with E-state index in [-0.39, 0.29) is 30.0 Å². The van der Waals surface area contributed by atoms with Gasteiger partial charge in [0.25, 0.3) is 0 Å². The Kier molecular flexibility index (Phi) is 6.41. The van der Waals surface area contributed by atoms with Crippen LogP contribution in [0.2, 0.25) is 0 Å². The number of nitrogens with one attached hydrogen (secondary N) is 1. The normalized spacial score (nSPS) is 16.0. The van der Waals surface area contributed by atoms with Crippen molar-refractivity contribution in [2.24, 2.45) is 5.92 Å². The van der Waals surface area contributed by atoms with E-state index in [1.165, 1.54) is 23.3 Å². The lowest BCUT2D eigenvalue weighted by Crippen LogP contribution is -2.34. The Hall–Kier alpha value is -3.47. The molecule has 1 saturated heterocycles. The first-order chi connectivity index (χ1) is 15.1. The van der Waals surface area contributed by atoms with E-state index in [4.69, 9.17) is 0 Å². The van der Waals surface area contributed by atoms with E-state index in [0.29, 0.717) is 18.8 Å². The summed E-state index contributed by atoms with van der Waals surface area (Å²) in [5.41, 5.74) is 3.04. The van der Waals surface area contributed by atoms with Gasteiger partial charge in [0.05, 0.1) is 5.92 Å². The molecule has 4 rings (SSSR count). The summed E-state index contributed by atoms with van der Waals surface area (Å²) in [6.45, 7) is 0.839. The van der Waals surface area contributed by atoms with E-state index in [1.54, 1.807) is 17.0 Å². The van der Waals surface area contributed by atoms with Crippen molar-refractivity contribution in [3.05, 3.63) is 102 Å². The zero-order valence-corrected chi connectivity index (χ0v) is 17.2. The van der Waals surface area contributed by atoms with Gasteiger partial charge in [-0.1, -0.05) is 60.7 Å². The van der Waals surface area contributed by atoms with E-state index in [1.807, 2.05) is 36.4 Å². The molecule has 0 saturated carbocycles. The number of carbonyl (C=O) groups is 2. The van der Waals surface area contributed by atoms with Gasteiger partial charge in [0.1, 0.15) is 5.82 Å². The van der Waals surface area contributed by atoms with Gasteiger partial charge in [0.15, 0.2) is 0 Å². The highest BCUT2D eigenvalue weighted by molar-refractivity contribution is 6.00. The van der Waals surface area contributed by atoms with Crippen molar-refractivity contribution in [3.8, 4) is 0 Å². The van der Waals surface area contributed by atoms with Crippen LogP contribution in [0.4, 0.5) is 10.1 Å². The van der Waals surface area contributed by atoms with E-state index in [0.717, 1.165) is 6.42 Å². The first-order valence-corrected chi connectivity index (χ1v) is 10.6. The Morgan fingerprint density at radius 2 is 1.52 bits per heavy atom. The zero-order chi connectivity index (χ0) is 21.6. The minimum absolute atomic E-state index is 0.113. The van der Waals surface area contributed by atoms with Crippen LogP contribution in [0.15, 0.2) is 84.9 Å². The number of hydrogen-bond acceptors (Lipinski definition) is 2. The number of hydrogen-bond donors (Lipinski definition) is 1. The maximum atomic E-state index is 13.2. The highest BCUT2D eigenvalue weighted by Gasteiger charge is 2.35. The first-order valence-electron chi connectivity index (χ1n) is 10.6.